The van der Waals surface area contributed by atoms with Gasteiger partial charge in [-0.2, -0.15) is 13.2 Å². The number of alkyl halides is 3. The van der Waals surface area contributed by atoms with Gasteiger partial charge in [0, 0.05) is 42.0 Å². The molecule has 0 aliphatic carbocycles. The predicted octanol–water partition coefficient (Wildman–Crippen LogP) is 3.89. The smallest absolute Gasteiger partial charge is 0.265 e. The van der Waals surface area contributed by atoms with Gasteiger partial charge in [0.2, 0.25) is 5.16 Å². The van der Waals surface area contributed by atoms with Crippen LogP contribution in [-0.2, 0) is 6.18 Å². The summed E-state index contributed by atoms with van der Waals surface area (Å²) in [6.45, 7) is 0. The first-order valence-electron chi connectivity index (χ1n) is 7.86. The van der Waals surface area contributed by atoms with E-state index >= 15 is 0 Å². The van der Waals surface area contributed by atoms with Gasteiger partial charge in [-0.1, -0.05) is 0 Å². The lowest BCUT2D eigenvalue weighted by molar-refractivity contribution is -0.141. The van der Waals surface area contributed by atoms with Gasteiger partial charge in [0.15, 0.2) is 11.6 Å². The van der Waals surface area contributed by atoms with Gasteiger partial charge < -0.3 is 0 Å². The molecule has 0 aliphatic rings. The van der Waals surface area contributed by atoms with Crippen molar-refractivity contribution in [2.75, 3.05) is 0 Å². The molecule has 0 radical (unpaired) electrons. The first-order valence-corrected chi connectivity index (χ1v) is 8.68. The second-order valence-corrected chi connectivity index (χ2v) is 6.44. The molecule has 7 nitrogen and oxygen atoms in total. The fourth-order valence-corrected chi connectivity index (χ4v) is 2.99. The van der Waals surface area contributed by atoms with E-state index in [1.807, 2.05) is 0 Å². The molecule has 140 valence electrons. The Kier molecular flexibility index (Phi) is 4.74. The lowest BCUT2D eigenvalue weighted by atomic mass is 10.2. The van der Waals surface area contributed by atoms with Crippen molar-refractivity contribution in [3.8, 4) is 22.8 Å². The standard InChI is InChI=1S/C17H10F3N7S/c18-17(19,20)12-9-13(24-14(23-12)10-1-5-21-6-2-10)28-16-25-15(26-27-16)11-3-7-22-8-4-11/h1-9H,(H,25,26,27). The normalized spacial score (nSPS) is 11.5. The molecule has 0 saturated carbocycles. The third kappa shape index (κ3) is 3.98. The minimum absolute atomic E-state index is 0.0513. The highest BCUT2D eigenvalue weighted by Crippen LogP contribution is 2.33. The average Bonchev–Trinajstić information content (AvgIpc) is 3.17. The molecule has 0 amide bonds. The van der Waals surface area contributed by atoms with E-state index in [9.17, 15) is 13.2 Å². The first kappa shape index (κ1) is 18.0. The van der Waals surface area contributed by atoms with Crippen LogP contribution in [0.3, 0.4) is 0 Å². The number of pyridine rings is 2. The van der Waals surface area contributed by atoms with E-state index in [1.165, 1.54) is 24.5 Å². The zero-order valence-electron chi connectivity index (χ0n) is 13.9. The van der Waals surface area contributed by atoms with E-state index in [1.54, 1.807) is 24.5 Å². The Morgan fingerprint density at radius 2 is 1.46 bits per heavy atom. The van der Waals surface area contributed by atoms with Crippen LogP contribution in [0.15, 0.2) is 65.3 Å². The van der Waals surface area contributed by atoms with E-state index in [0.29, 0.717) is 11.4 Å². The van der Waals surface area contributed by atoms with Crippen molar-refractivity contribution in [2.24, 2.45) is 0 Å². The molecule has 4 rings (SSSR count). The molecule has 1 N–H and O–H groups in total. The van der Waals surface area contributed by atoms with Crippen molar-refractivity contribution in [3.05, 3.63) is 60.8 Å². The van der Waals surface area contributed by atoms with Gasteiger partial charge in [-0.25, -0.2) is 15.0 Å². The molecule has 4 heterocycles. The number of nitrogens with zero attached hydrogens (tertiary/aromatic N) is 6. The van der Waals surface area contributed by atoms with E-state index in [4.69, 9.17) is 0 Å². The van der Waals surface area contributed by atoms with Crippen LogP contribution >= 0.6 is 11.8 Å². The Bertz CT molecular complexity index is 1080. The lowest BCUT2D eigenvalue weighted by Gasteiger charge is -2.09. The fraction of sp³-hybridized carbons (Fsp3) is 0.0588. The second-order valence-electron chi connectivity index (χ2n) is 5.45. The van der Waals surface area contributed by atoms with Crippen LogP contribution in [0.1, 0.15) is 5.69 Å². The number of aromatic nitrogens is 7. The van der Waals surface area contributed by atoms with Gasteiger partial charge in [-0.15, -0.1) is 5.10 Å². The van der Waals surface area contributed by atoms with Crippen molar-refractivity contribution in [1.82, 2.24) is 35.1 Å². The maximum Gasteiger partial charge on any atom is 0.433 e. The summed E-state index contributed by atoms with van der Waals surface area (Å²) in [5, 5.41) is 7.10. The third-order valence-corrected chi connectivity index (χ3v) is 4.33. The van der Waals surface area contributed by atoms with Gasteiger partial charge in [0.1, 0.15) is 10.7 Å². The highest BCUT2D eigenvalue weighted by Gasteiger charge is 2.34. The zero-order valence-corrected chi connectivity index (χ0v) is 14.7. The van der Waals surface area contributed by atoms with Crippen molar-refractivity contribution >= 4 is 11.8 Å². The Labute approximate surface area is 160 Å². The minimum atomic E-state index is -4.61. The first-order chi connectivity index (χ1) is 13.5. The fourth-order valence-electron chi connectivity index (χ4n) is 2.28. The average molecular weight is 401 g/mol. The van der Waals surface area contributed by atoms with Crippen LogP contribution in [0.25, 0.3) is 22.8 Å². The minimum Gasteiger partial charge on any atom is -0.265 e. The molecule has 11 heteroatoms. The summed E-state index contributed by atoms with van der Waals surface area (Å²) in [5.41, 5.74) is 0.141. The number of rotatable bonds is 4. The summed E-state index contributed by atoms with van der Waals surface area (Å²) >= 11 is 0.906. The maximum absolute atomic E-state index is 13.3. The van der Waals surface area contributed by atoms with Crippen LogP contribution in [0, 0.1) is 0 Å². The van der Waals surface area contributed by atoms with Gasteiger partial charge >= 0.3 is 6.18 Å². The molecule has 4 aromatic heterocycles. The number of nitrogens with one attached hydrogen (secondary N) is 1. The molecule has 28 heavy (non-hydrogen) atoms. The SMILES string of the molecule is FC(F)(F)c1cc(Sc2n[nH]c(-c3ccncc3)n2)nc(-c2ccncc2)n1. The number of hydrogen-bond acceptors (Lipinski definition) is 7. The summed E-state index contributed by atoms with van der Waals surface area (Å²) in [7, 11) is 0. The molecular weight excluding hydrogens is 391 g/mol. The molecule has 0 spiro atoms. The van der Waals surface area contributed by atoms with Crippen LogP contribution in [-0.4, -0.2) is 35.1 Å². The molecule has 0 atom stereocenters. The Balaban J connectivity index is 1.69. The third-order valence-electron chi connectivity index (χ3n) is 3.55. The predicted molar refractivity (Wildman–Crippen MR) is 94.0 cm³/mol. The van der Waals surface area contributed by atoms with Crippen molar-refractivity contribution in [1.29, 1.82) is 0 Å². The molecule has 0 aromatic carbocycles. The maximum atomic E-state index is 13.3. The van der Waals surface area contributed by atoms with Crippen LogP contribution in [0.2, 0.25) is 0 Å². The number of aromatic amines is 1. The van der Waals surface area contributed by atoms with Crippen molar-refractivity contribution < 1.29 is 13.2 Å². The highest BCUT2D eigenvalue weighted by molar-refractivity contribution is 7.99. The second kappa shape index (κ2) is 7.35. The molecule has 0 aliphatic heterocycles. The van der Waals surface area contributed by atoms with Crippen LogP contribution in [0.4, 0.5) is 13.2 Å². The number of H-pyrrole nitrogens is 1. The molecule has 0 saturated heterocycles. The van der Waals surface area contributed by atoms with E-state index in [0.717, 1.165) is 23.4 Å². The molecule has 0 unspecified atom stereocenters. The van der Waals surface area contributed by atoms with Crippen LogP contribution < -0.4 is 0 Å². The van der Waals surface area contributed by atoms with Crippen molar-refractivity contribution in [3.63, 3.8) is 0 Å². The highest BCUT2D eigenvalue weighted by atomic mass is 32.2. The largest absolute Gasteiger partial charge is 0.433 e. The van der Waals surface area contributed by atoms with Gasteiger partial charge in [-0.05, 0) is 36.0 Å². The van der Waals surface area contributed by atoms with Crippen molar-refractivity contribution in [2.45, 2.75) is 16.4 Å². The molecular formula is C17H10F3N7S. The summed E-state index contributed by atoms with van der Waals surface area (Å²) in [5.74, 6) is 0.425. The zero-order chi connectivity index (χ0) is 19.6. The number of hydrogen-bond donors (Lipinski definition) is 1. The Hall–Kier alpha value is -3.34. The van der Waals surface area contributed by atoms with E-state index < -0.39 is 11.9 Å². The summed E-state index contributed by atoms with van der Waals surface area (Å²) < 4.78 is 39.8. The summed E-state index contributed by atoms with van der Waals surface area (Å²) in [6, 6.07) is 7.43. The Morgan fingerprint density at radius 3 is 2.11 bits per heavy atom. The quantitative estimate of drug-likeness (QED) is 0.519. The summed E-state index contributed by atoms with van der Waals surface area (Å²) in [4.78, 5) is 19.9. The number of halogens is 3. The monoisotopic (exact) mass is 401 g/mol. The molecule has 0 fully saturated rings. The molecule has 4 aromatic rings. The van der Waals surface area contributed by atoms with Crippen LogP contribution in [0.5, 0.6) is 0 Å². The Morgan fingerprint density at radius 1 is 0.821 bits per heavy atom. The van der Waals surface area contributed by atoms with Gasteiger partial charge in [-0.3, -0.25) is 15.1 Å². The van der Waals surface area contributed by atoms with Gasteiger partial charge in [0.05, 0.1) is 0 Å². The lowest BCUT2D eigenvalue weighted by Crippen LogP contribution is -2.10. The topological polar surface area (TPSA) is 93.1 Å². The van der Waals surface area contributed by atoms with E-state index in [2.05, 4.69) is 35.1 Å². The summed E-state index contributed by atoms with van der Waals surface area (Å²) in [6.07, 6.45) is 1.52. The van der Waals surface area contributed by atoms with Gasteiger partial charge in [0.25, 0.3) is 0 Å². The molecule has 0 bridgehead atoms. The van der Waals surface area contributed by atoms with E-state index in [-0.39, 0.29) is 16.0 Å².